The maximum atomic E-state index is 11.6. The Morgan fingerprint density at radius 2 is 2.31 bits per heavy atom. The molecule has 0 unspecified atom stereocenters. The van der Waals surface area contributed by atoms with Crippen molar-refractivity contribution in [3.8, 4) is 0 Å². The van der Waals surface area contributed by atoms with Gasteiger partial charge in [-0.25, -0.2) is 0 Å². The lowest BCUT2D eigenvalue weighted by Gasteiger charge is -2.38. The van der Waals surface area contributed by atoms with Crippen LogP contribution in [0.5, 0.6) is 0 Å². The molecular weight excluding hydrogens is 206 g/mol. The van der Waals surface area contributed by atoms with Crippen molar-refractivity contribution in [1.82, 2.24) is 5.32 Å². The van der Waals surface area contributed by atoms with Crippen LogP contribution in [0.4, 0.5) is 0 Å². The second-order valence-electron chi connectivity index (χ2n) is 4.75. The molecule has 1 saturated heterocycles. The zero-order valence-electron chi connectivity index (χ0n) is 9.70. The lowest BCUT2D eigenvalue weighted by molar-refractivity contribution is -0.147. The van der Waals surface area contributed by atoms with Gasteiger partial charge in [-0.2, -0.15) is 0 Å². The first-order valence-corrected chi connectivity index (χ1v) is 6.12. The zero-order chi connectivity index (χ0) is 11.5. The van der Waals surface area contributed by atoms with Gasteiger partial charge in [-0.15, -0.1) is 0 Å². The molecule has 1 N–H and O–H groups in total. The van der Waals surface area contributed by atoms with Crippen molar-refractivity contribution < 1.29 is 14.3 Å². The van der Waals surface area contributed by atoms with E-state index in [-0.39, 0.29) is 12.0 Å². The summed E-state index contributed by atoms with van der Waals surface area (Å²) in [6, 6.07) is -0.202. The van der Waals surface area contributed by atoms with Crippen LogP contribution in [-0.4, -0.2) is 30.9 Å². The predicted molar refractivity (Wildman–Crippen MR) is 58.9 cm³/mol. The van der Waals surface area contributed by atoms with Crippen molar-refractivity contribution in [1.29, 1.82) is 0 Å². The second kappa shape index (κ2) is 4.95. The molecule has 4 nitrogen and oxygen atoms in total. The lowest BCUT2D eigenvalue weighted by atomic mass is 9.73. The van der Waals surface area contributed by atoms with Crippen molar-refractivity contribution in [3.63, 3.8) is 0 Å². The van der Waals surface area contributed by atoms with E-state index in [1.165, 1.54) is 0 Å². The van der Waals surface area contributed by atoms with Gasteiger partial charge in [0.25, 0.3) is 0 Å². The summed E-state index contributed by atoms with van der Waals surface area (Å²) in [5.74, 6) is 1.14. The number of rotatable bonds is 2. The Morgan fingerprint density at radius 1 is 1.50 bits per heavy atom. The molecule has 16 heavy (non-hydrogen) atoms. The SMILES string of the molecule is CCOC(=O)[C@H]1C[C@@H]2CC(=O)CC[C@@H]2CN1. The number of fused-ring (bicyclic) bond motifs is 1. The lowest BCUT2D eigenvalue weighted by Crippen LogP contribution is -2.50. The fraction of sp³-hybridized carbons (Fsp3) is 0.833. The van der Waals surface area contributed by atoms with E-state index >= 15 is 0 Å². The van der Waals surface area contributed by atoms with E-state index in [2.05, 4.69) is 5.32 Å². The number of carbonyl (C=O) groups excluding carboxylic acids is 2. The maximum Gasteiger partial charge on any atom is 0.323 e. The molecule has 4 heteroatoms. The van der Waals surface area contributed by atoms with E-state index in [0.29, 0.717) is 37.1 Å². The molecular formula is C12H19NO3. The molecule has 0 aromatic rings. The van der Waals surface area contributed by atoms with Crippen LogP contribution in [0.25, 0.3) is 0 Å². The van der Waals surface area contributed by atoms with E-state index in [1.807, 2.05) is 6.92 Å². The first-order chi connectivity index (χ1) is 7.70. The van der Waals surface area contributed by atoms with Gasteiger partial charge in [-0.05, 0) is 38.1 Å². The molecule has 2 rings (SSSR count). The van der Waals surface area contributed by atoms with Gasteiger partial charge in [0, 0.05) is 12.8 Å². The van der Waals surface area contributed by atoms with Crippen LogP contribution < -0.4 is 5.32 Å². The second-order valence-corrected chi connectivity index (χ2v) is 4.75. The molecule has 3 atom stereocenters. The largest absolute Gasteiger partial charge is 0.465 e. The first-order valence-electron chi connectivity index (χ1n) is 6.12. The molecule has 0 aromatic carbocycles. The normalized spacial score (nSPS) is 34.3. The highest BCUT2D eigenvalue weighted by atomic mass is 16.5. The Morgan fingerprint density at radius 3 is 3.06 bits per heavy atom. The van der Waals surface area contributed by atoms with Crippen LogP contribution in [0.15, 0.2) is 0 Å². The van der Waals surface area contributed by atoms with Gasteiger partial charge in [-0.1, -0.05) is 0 Å². The van der Waals surface area contributed by atoms with Gasteiger partial charge in [0.2, 0.25) is 0 Å². The Bertz CT molecular complexity index is 290. The van der Waals surface area contributed by atoms with Crippen LogP contribution >= 0.6 is 0 Å². The summed E-state index contributed by atoms with van der Waals surface area (Å²) < 4.78 is 5.00. The average Bonchev–Trinajstić information content (AvgIpc) is 2.28. The molecule has 2 fully saturated rings. The molecule has 1 aliphatic carbocycles. The minimum atomic E-state index is -0.202. The Labute approximate surface area is 95.7 Å². The van der Waals surface area contributed by atoms with Crippen LogP contribution in [0.1, 0.15) is 32.6 Å². The summed E-state index contributed by atoms with van der Waals surface area (Å²) in [7, 11) is 0. The topological polar surface area (TPSA) is 55.4 Å². The van der Waals surface area contributed by atoms with Crippen molar-refractivity contribution in [2.45, 2.75) is 38.6 Å². The summed E-state index contributed by atoms with van der Waals surface area (Å²) in [6.07, 6.45) is 3.11. The monoisotopic (exact) mass is 225 g/mol. The summed E-state index contributed by atoms with van der Waals surface area (Å²) in [4.78, 5) is 23.0. The van der Waals surface area contributed by atoms with Crippen LogP contribution in [0.2, 0.25) is 0 Å². The van der Waals surface area contributed by atoms with E-state index in [0.717, 1.165) is 19.4 Å². The number of hydrogen-bond donors (Lipinski definition) is 1. The number of Topliss-reactive ketones (excluding diaryl/α,β-unsaturated/α-hetero) is 1. The molecule has 1 aliphatic heterocycles. The highest BCUT2D eigenvalue weighted by molar-refractivity contribution is 5.80. The average molecular weight is 225 g/mol. The molecule has 1 heterocycles. The van der Waals surface area contributed by atoms with Gasteiger partial charge in [0.05, 0.1) is 6.61 Å². The van der Waals surface area contributed by atoms with Gasteiger partial charge >= 0.3 is 5.97 Å². The Balaban J connectivity index is 1.92. The third kappa shape index (κ3) is 2.43. The minimum absolute atomic E-state index is 0.168. The van der Waals surface area contributed by atoms with Gasteiger partial charge in [0.15, 0.2) is 0 Å². The number of hydrogen-bond acceptors (Lipinski definition) is 4. The number of ether oxygens (including phenoxy) is 1. The van der Waals surface area contributed by atoms with Crippen molar-refractivity contribution in [3.05, 3.63) is 0 Å². The fourth-order valence-electron chi connectivity index (χ4n) is 2.79. The first kappa shape index (κ1) is 11.6. The fourth-order valence-corrected chi connectivity index (χ4v) is 2.79. The zero-order valence-corrected chi connectivity index (χ0v) is 9.70. The molecule has 0 amide bonds. The highest BCUT2D eigenvalue weighted by Gasteiger charge is 2.37. The maximum absolute atomic E-state index is 11.6. The van der Waals surface area contributed by atoms with E-state index in [1.54, 1.807) is 0 Å². The van der Waals surface area contributed by atoms with Crippen molar-refractivity contribution in [2.75, 3.05) is 13.2 Å². The van der Waals surface area contributed by atoms with Crippen LogP contribution in [0, 0.1) is 11.8 Å². The molecule has 0 radical (unpaired) electrons. The molecule has 90 valence electrons. The number of carbonyl (C=O) groups is 2. The molecule has 0 bridgehead atoms. The predicted octanol–water partition coefficient (Wildman–Crippen LogP) is 0.897. The van der Waals surface area contributed by atoms with Gasteiger partial charge < -0.3 is 10.1 Å². The Hall–Kier alpha value is -0.900. The molecule has 2 aliphatic rings. The number of ketones is 1. The quantitative estimate of drug-likeness (QED) is 0.709. The van der Waals surface area contributed by atoms with Gasteiger partial charge in [0.1, 0.15) is 11.8 Å². The molecule has 0 aromatic heterocycles. The standard InChI is InChI=1S/C12H19NO3/c1-2-16-12(15)11-6-9-5-10(14)4-3-8(9)7-13-11/h8-9,11,13H,2-7H2,1H3/t8-,9+,11-/m1/s1. The van der Waals surface area contributed by atoms with E-state index in [9.17, 15) is 9.59 Å². The smallest absolute Gasteiger partial charge is 0.323 e. The van der Waals surface area contributed by atoms with Gasteiger partial charge in [-0.3, -0.25) is 9.59 Å². The minimum Gasteiger partial charge on any atom is -0.465 e. The van der Waals surface area contributed by atoms with Crippen LogP contribution in [-0.2, 0) is 14.3 Å². The molecule has 0 spiro atoms. The number of piperidine rings is 1. The summed E-state index contributed by atoms with van der Waals surface area (Å²) in [5, 5.41) is 3.23. The number of nitrogens with one attached hydrogen (secondary N) is 1. The summed E-state index contributed by atoms with van der Waals surface area (Å²) in [6.45, 7) is 3.08. The third-order valence-electron chi connectivity index (χ3n) is 3.69. The Kier molecular flexibility index (Phi) is 3.59. The summed E-state index contributed by atoms with van der Waals surface area (Å²) in [5.41, 5.74) is 0. The molecule has 1 saturated carbocycles. The van der Waals surface area contributed by atoms with E-state index in [4.69, 9.17) is 4.74 Å². The van der Waals surface area contributed by atoms with Crippen molar-refractivity contribution in [2.24, 2.45) is 11.8 Å². The highest BCUT2D eigenvalue weighted by Crippen LogP contribution is 2.34. The van der Waals surface area contributed by atoms with Crippen molar-refractivity contribution >= 4 is 11.8 Å². The third-order valence-corrected chi connectivity index (χ3v) is 3.69. The van der Waals surface area contributed by atoms with Crippen LogP contribution in [0.3, 0.4) is 0 Å². The van der Waals surface area contributed by atoms with E-state index < -0.39 is 0 Å². The number of esters is 1. The summed E-state index contributed by atoms with van der Waals surface area (Å²) >= 11 is 0.